The summed E-state index contributed by atoms with van der Waals surface area (Å²) in [5.41, 5.74) is 0. The highest BCUT2D eigenvalue weighted by molar-refractivity contribution is 4.74. The van der Waals surface area contributed by atoms with Crippen LogP contribution in [0.3, 0.4) is 0 Å². The van der Waals surface area contributed by atoms with Crippen molar-refractivity contribution >= 4 is 0 Å². The largest absolute Gasteiger partial charge is 0.378 e. The smallest absolute Gasteiger partial charge is 0.0634 e. The summed E-state index contributed by atoms with van der Waals surface area (Å²) in [5.74, 6) is 0. The van der Waals surface area contributed by atoms with Crippen molar-refractivity contribution < 1.29 is 4.74 Å². The molecule has 12 heavy (non-hydrogen) atoms. The maximum atomic E-state index is 5.43. The zero-order chi connectivity index (χ0) is 8.97. The molecule has 0 bridgehead atoms. The maximum Gasteiger partial charge on any atom is 0.0634 e. The monoisotopic (exact) mass is 172 g/mol. The van der Waals surface area contributed by atoms with Crippen molar-refractivity contribution in [2.75, 3.05) is 46.9 Å². The molecule has 1 rings (SSSR count). The number of hydrogen-bond donors (Lipinski definition) is 0. The van der Waals surface area contributed by atoms with Crippen LogP contribution in [0.4, 0.5) is 0 Å². The summed E-state index contributed by atoms with van der Waals surface area (Å²) in [7, 11) is 4.33. The number of nitrogens with zero attached hydrogens (tertiary/aromatic N) is 2. The number of rotatable bonds is 3. The molecule has 0 spiro atoms. The molecule has 1 heterocycles. The molecular formula is C9H20N2O. The van der Waals surface area contributed by atoms with E-state index in [1.54, 1.807) is 0 Å². The van der Waals surface area contributed by atoms with Crippen LogP contribution in [0.2, 0.25) is 0 Å². The molecule has 0 aromatic heterocycles. The normalized spacial score (nSPS) is 26.5. The van der Waals surface area contributed by atoms with Crippen molar-refractivity contribution in [3.8, 4) is 0 Å². The van der Waals surface area contributed by atoms with Crippen molar-refractivity contribution in [1.82, 2.24) is 9.80 Å². The molecule has 1 atom stereocenters. The molecule has 0 saturated carbocycles. The zero-order valence-electron chi connectivity index (χ0n) is 8.42. The van der Waals surface area contributed by atoms with Gasteiger partial charge in [0, 0.05) is 19.1 Å². The SMILES string of the molecule is CCN(C)CC1COCCN1C. The van der Waals surface area contributed by atoms with E-state index < -0.39 is 0 Å². The third-order valence-electron chi connectivity index (χ3n) is 2.58. The van der Waals surface area contributed by atoms with Gasteiger partial charge in [-0.2, -0.15) is 0 Å². The number of ether oxygens (including phenoxy) is 1. The van der Waals surface area contributed by atoms with E-state index in [2.05, 4.69) is 30.8 Å². The average molecular weight is 172 g/mol. The molecule has 1 aliphatic rings. The number of hydrogen-bond acceptors (Lipinski definition) is 3. The van der Waals surface area contributed by atoms with Gasteiger partial charge in [-0.25, -0.2) is 0 Å². The van der Waals surface area contributed by atoms with Crippen molar-refractivity contribution in [2.45, 2.75) is 13.0 Å². The molecule has 0 amide bonds. The minimum atomic E-state index is 0.587. The van der Waals surface area contributed by atoms with E-state index in [4.69, 9.17) is 4.74 Å². The van der Waals surface area contributed by atoms with E-state index in [1.165, 1.54) is 0 Å². The molecule has 0 aliphatic carbocycles. The average Bonchev–Trinajstić information content (AvgIpc) is 2.09. The predicted octanol–water partition coefficient (Wildman–Crippen LogP) is 0.269. The Hall–Kier alpha value is -0.120. The van der Waals surface area contributed by atoms with Gasteiger partial charge >= 0.3 is 0 Å². The van der Waals surface area contributed by atoms with Crippen LogP contribution in [0.25, 0.3) is 0 Å². The molecule has 72 valence electrons. The van der Waals surface area contributed by atoms with Gasteiger partial charge in [0.2, 0.25) is 0 Å². The fourth-order valence-corrected chi connectivity index (χ4v) is 1.42. The fourth-order valence-electron chi connectivity index (χ4n) is 1.42. The molecule has 1 fully saturated rings. The van der Waals surface area contributed by atoms with Crippen LogP contribution in [0.5, 0.6) is 0 Å². The van der Waals surface area contributed by atoms with E-state index in [0.717, 1.165) is 32.8 Å². The van der Waals surface area contributed by atoms with Crippen molar-refractivity contribution in [2.24, 2.45) is 0 Å². The van der Waals surface area contributed by atoms with Gasteiger partial charge in [-0.1, -0.05) is 6.92 Å². The van der Waals surface area contributed by atoms with Gasteiger partial charge in [-0.3, -0.25) is 4.90 Å². The zero-order valence-corrected chi connectivity index (χ0v) is 8.42. The molecular weight excluding hydrogens is 152 g/mol. The predicted molar refractivity (Wildman–Crippen MR) is 50.4 cm³/mol. The van der Waals surface area contributed by atoms with Crippen LogP contribution in [0.1, 0.15) is 6.92 Å². The third-order valence-corrected chi connectivity index (χ3v) is 2.58. The lowest BCUT2D eigenvalue weighted by Gasteiger charge is -2.34. The molecule has 3 heteroatoms. The number of likely N-dealkylation sites (N-methyl/N-ethyl adjacent to an activating group) is 2. The van der Waals surface area contributed by atoms with Gasteiger partial charge in [0.15, 0.2) is 0 Å². The lowest BCUT2D eigenvalue weighted by molar-refractivity contribution is -0.00420. The number of morpholine rings is 1. The van der Waals surface area contributed by atoms with Gasteiger partial charge in [-0.15, -0.1) is 0 Å². The first-order valence-corrected chi connectivity index (χ1v) is 4.70. The Morgan fingerprint density at radius 3 is 2.92 bits per heavy atom. The Kier molecular flexibility index (Phi) is 3.98. The minimum Gasteiger partial charge on any atom is -0.378 e. The second-order valence-corrected chi connectivity index (χ2v) is 3.56. The van der Waals surface area contributed by atoms with Crippen LogP contribution in [-0.2, 0) is 4.74 Å². The Morgan fingerprint density at radius 2 is 2.33 bits per heavy atom. The van der Waals surface area contributed by atoms with E-state index in [0.29, 0.717) is 6.04 Å². The summed E-state index contributed by atoms with van der Waals surface area (Å²) in [5, 5.41) is 0. The first kappa shape index (κ1) is 9.96. The summed E-state index contributed by atoms with van der Waals surface area (Å²) < 4.78 is 5.43. The molecule has 0 radical (unpaired) electrons. The van der Waals surface area contributed by atoms with E-state index in [9.17, 15) is 0 Å². The van der Waals surface area contributed by atoms with Crippen molar-refractivity contribution in [1.29, 1.82) is 0 Å². The van der Waals surface area contributed by atoms with Crippen LogP contribution in [0, 0.1) is 0 Å². The lowest BCUT2D eigenvalue weighted by Crippen LogP contribution is -2.48. The maximum absolute atomic E-state index is 5.43. The van der Waals surface area contributed by atoms with Crippen LogP contribution >= 0.6 is 0 Å². The first-order valence-electron chi connectivity index (χ1n) is 4.70. The van der Waals surface area contributed by atoms with Gasteiger partial charge in [-0.05, 0) is 20.6 Å². The van der Waals surface area contributed by atoms with E-state index in [-0.39, 0.29) is 0 Å². The molecule has 1 aliphatic heterocycles. The Balaban J connectivity index is 2.28. The van der Waals surface area contributed by atoms with Gasteiger partial charge in [0.25, 0.3) is 0 Å². The highest BCUT2D eigenvalue weighted by atomic mass is 16.5. The minimum absolute atomic E-state index is 0.587. The summed E-state index contributed by atoms with van der Waals surface area (Å²) in [6.45, 7) is 7.27. The van der Waals surface area contributed by atoms with E-state index in [1.807, 2.05) is 0 Å². The van der Waals surface area contributed by atoms with Crippen LogP contribution < -0.4 is 0 Å². The Bertz CT molecular complexity index is 130. The summed E-state index contributed by atoms with van der Waals surface area (Å²) in [6, 6.07) is 0.587. The molecule has 0 aromatic rings. The van der Waals surface area contributed by atoms with Gasteiger partial charge < -0.3 is 9.64 Å². The van der Waals surface area contributed by atoms with Crippen LogP contribution in [0.15, 0.2) is 0 Å². The standard InChI is InChI=1S/C9H20N2O/c1-4-10(2)7-9-8-12-6-5-11(9)3/h9H,4-8H2,1-3H3. The van der Waals surface area contributed by atoms with Crippen molar-refractivity contribution in [3.63, 3.8) is 0 Å². The third kappa shape index (κ3) is 2.73. The second-order valence-electron chi connectivity index (χ2n) is 3.56. The summed E-state index contributed by atoms with van der Waals surface area (Å²) >= 11 is 0. The topological polar surface area (TPSA) is 15.7 Å². The summed E-state index contributed by atoms with van der Waals surface area (Å²) in [6.07, 6.45) is 0. The molecule has 1 saturated heterocycles. The summed E-state index contributed by atoms with van der Waals surface area (Å²) in [4.78, 5) is 4.71. The van der Waals surface area contributed by atoms with Crippen molar-refractivity contribution in [3.05, 3.63) is 0 Å². The van der Waals surface area contributed by atoms with Gasteiger partial charge in [0.05, 0.1) is 13.2 Å². The Labute approximate surface area is 75.3 Å². The van der Waals surface area contributed by atoms with Gasteiger partial charge in [0.1, 0.15) is 0 Å². The molecule has 0 N–H and O–H groups in total. The fraction of sp³-hybridized carbons (Fsp3) is 1.00. The first-order chi connectivity index (χ1) is 5.74. The van der Waals surface area contributed by atoms with E-state index >= 15 is 0 Å². The quantitative estimate of drug-likeness (QED) is 0.607. The molecule has 0 aromatic carbocycles. The lowest BCUT2D eigenvalue weighted by atomic mass is 10.2. The second kappa shape index (κ2) is 4.80. The molecule has 1 unspecified atom stereocenters. The Morgan fingerprint density at radius 1 is 1.58 bits per heavy atom. The van der Waals surface area contributed by atoms with Crippen LogP contribution in [-0.4, -0.2) is 62.8 Å². The highest BCUT2D eigenvalue weighted by Crippen LogP contribution is 2.04. The highest BCUT2D eigenvalue weighted by Gasteiger charge is 2.19. The molecule has 3 nitrogen and oxygen atoms in total.